The average Bonchev–Trinajstić information content (AvgIpc) is 2.50. The molecule has 0 fully saturated rings. The normalized spacial score (nSPS) is 12.8. The van der Waals surface area contributed by atoms with Crippen molar-refractivity contribution in [3.63, 3.8) is 0 Å². The molecule has 2 aromatic rings. The summed E-state index contributed by atoms with van der Waals surface area (Å²) in [4.78, 5) is 34.9. The minimum atomic E-state index is -0.401. The lowest BCUT2D eigenvalue weighted by Gasteiger charge is -2.17. The number of ketones is 2. The molecule has 0 radical (unpaired) electrons. The minimum absolute atomic E-state index is 0.180. The molecule has 3 rings (SSSR count). The molecule has 21 heavy (non-hydrogen) atoms. The van der Waals surface area contributed by atoms with Crippen LogP contribution in [0, 0.1) is 10.1 Å². The molecule has 0 spiro atoms. The summed E-state index contributed by atoms with van der Waals surface area (Å²) in [5.74, 6) is -0.385. The van der Waals surface area contributed by atoms with Crippen molar-refractivity contribution in [2.24, 2.45) is 0 Å². The van der Waals surface area contributed by atoms with Gasteiger partial charge < -0.3 is 0 Å². The molecule has 0 aliphatic heterocycles. The molecule has 0 saturated carbocycles. The summed E-state index contributed by atoms with van der Waals surface area (Å²) in [6.45, 7) is -0.197. The van der Waals surface area contributed by atoms with Crippen LogP contribution in [0.2, 0.25) is 0 Å². The largest absolute Gasteiger partial charge is 0.289 e. The molecule has 0 aromatic heterocycles. The van der Waals surface area contributed by atoms with Crippen molar-refractivity contribution >= 4 is 11.6 Å². The molecule has 0 unspecified atom stereocenters. The van der Waals surface area contributed by atoms with Crippen LogP contribution < -0.4 is 0 Å². The van der Waals surface area contributed by atoms with Crippen LogP contribution in [-0.4, -0.2) is 23.0 Å². The molecule has 0 saturated heterocycles. The van der Waals surface area contributed by atoms with E-state index >= 15 is 0 Å². The highest BCUT2D eigenvalue weighted by molar-refractivity contribution is 6.28. The van der Waals surface area contributed by atoms with Crippen molar-refractivity contribution in [1.82, 2.24) is 0 Å². The number of carbonyl (C=O) groups is 2. The van der Waals surface area contributed by atoms with Crippen molar-refractivity contribution in [3.05, 3.63) is 80.4 Å². The van der Waals surface area contributed by atoms with Crippen LogP contribution in [0.5, 0.6) is 0 Å². The van der Waals surface area contributed by atoms with Gasteiger partial charge in [0.25, 0.3) is 0 Å². The number of rotatable bonds is 3. The zero-order valence-corrected chi connectivity index (χ0v) is 11.0. The standard InChI is InChI=1S/C16H11NO4/c18-15-11-3-1-2-4-12(11)16(19)14-9-10(5-6-13(14)15)7-8-17(20)21/h1-6,9H,7-8H2. The van der Waals surface area contributed by atoms with Crippen LogP contribution in [-0.2, 0) is 6.42 Å². The van der Waals surface area contributed by atoms with Gasteiger partial charge >= 0.3 is 0 Å². The Kier molecular flexibility index (Phi) is 3.10. The van der Waals surface area contributed by atoms with E-state index in [2.05, 4.69) is 0 Å². The smallest absolute Gasteiger partial charge is 0.207 e. The Morgan fingerprint density at radius 2 is 1.43 bits per heavy atom. The monoisotopic (exact) mass is 281 g/mol. The lowest BCUT2D eigenvalue weighted by atomic mass is 9.83. The summed E-state index contributed by atoms with van der Waals surface area (Å²) in [7, 11) is 0. The summed E-state index contributed by atoms with van der Waals surface area (Å²) in [6, 6.07) is 11.5. The molecule has 1 aliphatic rings. The van der Waals surface area contributed by atoms with Crippen molar-refractivity contribution < 1.29 is 14.5 Å². The molecule has 0 N–H and O–H groups in total. The number of fused-ring (bicyclic) bond motifs is 2. The van der Waals surface area contributed by atoms with Gasteiger partial charge in [-0.05, 0) is 11.6 Å². The summed E-state index contributed by atoms with van der Waals surface area (Å²) in [6.07, 6.45) is 0.239. The van der Waals surface area contributed by atoms with Crippen LogP contribution in [0.3, 0.4) is 0 Å². The van der Waals surface area contributed by atoms with E-state index < -0.39 is 4.92 Å². The van der Waals surface area contributed by atoms with Crippen LogP contribution in [0.1, 0.15) is 37.4 Å². The first-order chi connectivity index (χ1) is 10.1. The van der Waals surface area contributed by atoms with Crippen molar-refractivity contribution in [2.75, 3.05) is 6.54 Å². The third kappa shape index (κ3) is 2.23. The van der Waals surface area contributed by atoms with Gasteiger partial charge in [-0.1, -0.05) is 36.4 Å². The first-order valence-electron chi connectivity index (χ1n) is 6.51. The van der Waals surface area contributed by atoms with Crippen LogP contribution in [0.25, 0.3) is 0 Å². The molecule has 0 heterocycles. The topological polar surface area (TPSA) is 77.3 Å². The van der Waals surface area contributed by atoms with E-state index in [9.17, 15) is 19.7 Å². The molecular formula is C16H11NO4. The molecule has 0 bridgehead atoms. The van der Waals surface area contributed by atoms with Crippen LogP contribution in [0.15, 0.2) is 42.5 Å². The van der Waals surface area contributed by atoms with Crippen molar-refractivity contribution in [1.29, 1.82) is 0 Å². The van der Waals surface area contributed by atoms with E-state index in [1.54, 1.807) is 42.5 Å². The Balaban J connectivity index is 2.04. The molecule has 2 aromatic carbocycles. The van der Waals surface area contributed by atoms with Gasteiger partial charge in [-0.2, -0.15) is 0 Å². The lowest BCUT2D eigenvalue weighted by Crippen LogP contribution is -2.21. The highest BCUT2D eigenvalue weighted by Gasteiger charge is 2.29. The van der Waals surface area contributed by atoms with Gasteiger partial charge in [0, 0.05) is 33.6 Å². The van der Waals surface area contributed by atoms with Crippen molar-refractivity contribution in [3.8, 4) is 0 Å². The Morgan fingerprint density at radius 1 is 0.857 bits per heavy atom. The maximum absolute atomic E-state index is 12.5. The number of nitrogens with zero attached hydrogens (tertiary/aromatic N) is 1. The summed E-state index contributed by atoms with van der Waals surface area (Å²) in [5.41, 5.74) is 2.18. The predicted octanol–water partition coefficient (Wildman–Crippen LogP) is 2.28. The maximum Gasteiger partial charge on any atom is 0.207 e. The minimum Gasteiger partial charge on any atom is -0.289 e. The van der Waals surface area contributed by atoms with Gasteiger partial charge in [-0.25, -0.2) is 0 Å². The number of hydrogen-bond acceptors (Lipinski definition) is 4. The van der Waals surface area contributed by atoms with E-state index in [1.807, 2.05) is 0 Å². The molecule has 104 valence electrons. The Morgan fingerprint density at radius 3 is 2.05 bits per heavy atom. The van der Waals surface area contributed by atoms with E-state index in [0.29, 0.717) is 27.8 Å². The quantitative estimate of drug-likeness (QED) is 0.545. The van der Waals surface area contributed by atoms with E-state index in [4.69, 9.17) is 0 Å². The van der Waals surface area contributed by atoms with Gasteiger partial charge in [0.2, 0.25) is 6.54 Å². The van der Waals surface area contributed by atoms with Gasteiger partial charge in [-0.3, -0.25) is 19.7 Å². The Bertz CT molecular complexity index is 780. The third-order valence-electron chi connectivity index (χ3n) is 3.57. The highest BCUT2D eigenvalue weighted by atomic mass is 16.6. The first-order valence-corrected chi connectivity index (χ1v) is 6.51. The van der Waals surface area contributed by atoms with E-state index in [0.717, 1.165) is 0 Å². The Labute approximate surface area is 120 Å². The number of benzene rings is 2. The number of nitro groups is 1. The SMILES string of the molecule is O=C1c2ccccc2C(=O)c2cc(CC[N+](=O)[O-])ccc21. The molecule has 0 atom stereocenters. The molecule has 5 heteroatoms. The Hall–Kier alpha value is -2.82. The molecule has 1 aliphatic carbocycles. The fraction of sp³-hybridized carbons (Fsp3) is 0.125. The number of hydrogen-bond donors (Lipinski definition) is 0. The summed E-state index contributed by atoms with van der Waals surface area (Å²) < 4.78 is 0. The molecule has 0 amide bonds. The second kappa shape index (κ2) is 4.94. The fourth-order valence-electron chi connectivity index (χ4n) is 2.52. The van der Waals surface area contributed by atoms with Gasteiger partial charge in [0.15, 0.2) is 11.6 Å². The summed E-state index contributed by atoms with van der Waals surface area (Å²) in [5, 5.41) is 10.4. The highest BCUT2D eigenvalue weighted by Crippen LogP contribution is 2.27. The van der Waals surface area contributed by atoms with Gasteiger partial charge in [-0.15, -0.1) is 0 Å². The second-order valence-corrected chi connectivity index (χ2v) is 4.89. The predicted molar refractivity (Wildman–Crippen MR) is 75.3 cm³/mol. The number of carbonyl (C=O) groups excluding carboxylic acids is 2. The van der Waals surface area contributed by atoms with Crippen LogP contribution >= 0.6 is 0 Å². The van der Waals surface area contributed by atoms with E-state index in [1.165, 1.54) is 0 Å². The maximum atomic E-state index is 12.5. The van der Waals surface area contributed by atoms with Gasteiger partial charge in [0.1, 0.15) is 0 Å². The van der Waals surface area contributed by atoms with Crippen molar-refractivity contribution in [2.45, 2.75) is 6.42 Å². The molecular weight excluding hydrogens is 270 g/mol. The van der Waals surface area contributed by atoms with Crippen LogP contribution in [0.4, 0.5) is 0 Å². The second-order valence-electron chi connectivity index (χ2n) is 4.89. The first kappa shape index (κ1) is 13.2. The van der Waals surface area contributed by atoms with E-state index in [-0.39, 0.29) is 24.5 Å². The lowest BCUT2D eigenvalue weighted by molar-refractivity contribution is -0.479. The van der Waals surface area contributed by atoms with Gasteiger partial charge in [0.05, 0.1) is 0 Å². The fourth-order valence-corrected chi connectivity index (χ4v) is 2.52. The zero-order chi connectivity index (χ0) is 15.0. The molecule has 5 nitrogen and oxygen atoms in total. The average molecular weight is 281 g/mol. The third-order valence-corrected chi connectivity index (χ3v) is 3.57. The summed E-state index contributed by atoms with van der Waals surface area (Å²) >= 11 is 0. The zero-order valence-electron chi connectivity index (χ0n) is 11.0.